The Morgan fingerprint density at radius 2 is 1.86 bits per heavy atom. The molecule has 9 nitrogen and oxygen atoms in total. The molecule has 2 unspecified atom stereocenters. The quantitative estimate of drug-likeness (QED) is 0.522. The normalized spacial score (nSPS) is 30.3. The predicted octanol–water partition coefficient (Wildman–Crippen LogP) is 4.24. The van der Waals surface area contributed by atoms with Crippen LogP contribution in [0.15, 0.2) is 30.6 Å². The number of hydrogen-bond donors (Lipinski definition) is 1. The molecule has 3 aromatic rings. The van der Waals surface area contributed by atoms with Crippen molar-refractivity contribution in [3.05, 3.63) is 41.4 Å². The first-order valence-electron chi connectivity index (χ1n) is 12.8. The molecule has 1 N–H and O–H groups in total. The lowest BCUT2D eigenvalue weighted by Crippen LogP contribution is -2.34. The van der Waals surface area contributed by atoms with Crippen LogP contribution in [-0.4, -0.2) is 61.9 Å². The molecule has 190 valence electrons. The van der Waals surface area contributed by atoms with Gasteiger partial charge in [0.2, 0.25) is 5.28 Å². The molecule has 0 bridgehead atoms. The van der Waals surface area contributed by atoms with E-state index in [1.807, 2.05) is 18.4 Å². The Bertz CT molecular complexity index is 1320. The number of nitrogens with zero attached hydrogens (tertiary/aromatic N) is 5. The van der Waals surface area contributed by atoms with Crippen LogP contribution in [0.2, 0.25) is 5.28 Å². The summed E-state index contributed by atoms with van der Waals surface area (Å²) in [5, 5.41) is 10.1. The van der Waals surface area contributed by atoms with Crippen LogP contribution in [-0.2, 0) is 19.6 Å². The fraction of sp³-hybridized carbons (Fsp3) is 0.577. The van der Waals surface area contributed by atoms with Crippen LogP contribution >= 0.6 is 11.6 Å². The molecule has 1 spiro atoms. The lowest BCUT2D eigenvalue weighted by molar-refractivity contribution is -0.199. The van der Waals surface area contributed by atoms with Crippen LogP contribution in [0, 0.1) is 0 Å². The molecule has 10 heteroatoms. The second-order valence-electron chi connectivity index (χ2n) is 10.9. The second-order valence-corrected chi connectivity index (χ2v) is 11.2. The number of para-hydroxylation sites is 1. The molecule has 0 radical (unpaired) electrons. The zero-order valence-corrected chi connectivity index (χ0v) is 21.2. The largest absolute Gasteiger partial charge is 0.394 e. The number of aromatic nitrogens is 4. The van der Waals surface area contributed by atoms with Gasteiger partial charge < -0.3 is 24.2 Å². The maximum Gasteiger partial charge on any atom is 0.226 e. The van der Waals surface area contributed by atoms with Crippen molar-refractivity contribution in [1.29, 1.82) is 0 Å². The topological polar surface area (TPSA) is 94.8 Å². The molecule has 7 rings (SSSR count). The van der Waals surface area contributed by atoms with Gasteiger partial charge in [0.1, 0.15) is 18.3 Å². The van der Waals surface area contributed by atoms with Gasteiger partial charge in [-0.3, -0.25) is 4.57 Å². The van der Waals surface area contributed by atoms with Crippen molar-refractivity contribution < 1.29 is 19.3 Å². The third-order valence-corrected chi connectivity index (χ3v) is 8.42. The van der Waals surface area contributed by atoms with E-state index in [4.69, 9.17) is 30.8 Å². The van der Waals surface area contributed by atoms with Crippen LogP contribution in [0.5, 0.6) is 0 Å². The van der Waals surface area contributed by atoms with Gasteiger partial charge in [0, 0.05) is 17.6 Å². The summed E-state index contributed by atoms with van der Waals surface area (Å²) in [6, 6.07) is 8.64. The molecule has 3 fully saturated rings. The highest BCUT2D eigenvalue weighted by molar-refractivity contribution is 6.28. The first kappa shape index (κ1) is 22.9. The predicted molar refractivity (Wildman–Crippen MR) is 133 cm³/mol. The minimum Gasteiger partial charge on any atom is -0.394 e. The molecule has 1 aromatic carbocycles. The molecule has 0 amide bonds. The van der Waals surface area contributed by atoms with Crippen LogP contribution < -0.4 is 4.90 Å². The zero-order chi connectivity index (χ0) is 24.7. The van der Waals surface area contributed by atoms with E-state index >= 15 is 0 Å². The third kappa shape index (κ3) is 3.33. The Labute approximate surface area is 214 Å². The fourth-order valence-electron chi connectivity index (χ4n) is 6.76. The van der Waals surface area contributed by atoms with Crippen LogP contribution in [0.4, 0.5) is 11.5 Å². The Morgan fingerprint density at radius 3 is 2.67 bits per heavy atom. The Kier molecular flexibility index (Phi) is 5.14. The van der Waals surface area contributed by atoms with E-state index in [0.29, 0.717) is 17.0 Å². The van der Waals surface area contributed by atoms with E-state index in [9.17, 15) is 5.11 Å². The Morgan fingerprint density at radius 1 is 1.08 bits per heavy atom. The lowest BCUT2D eigenvalue weighted by Gasteiger charge is -2.34. The van der Waals surface area contributed by atoms with Gasteiger partial charge >= 0.3 is 0 Å². The highest BCUT2D eigenvalue weighted by Crippen LogP contribution is 2.52. The van der Waals surface area contributed by atoms with E-state index in [2.05, 4.69) is 39.1 Å². The SMILES string of the molecule is CC1(C)OC2C(O1)[C@@H](CO)O[C@H]2n1cnc2c(N3CC4(CCCCC4)c4ccccc43)nc(Cl)nc21. The molecule has 1 saturated carbocycles. The number of benzene rings is 1. The summed E-state index contributed by atoms with van der Waals surface area (Å²) in [6.45, 7) is 4.42. The summed E-state index contributed by atoms with van der Waals surface area (Å²) < 4.78 is 20.2. The summed E-state index contributed by atoms with van der Waals surface area (Å²) >= 11 is 6.53. The summed E-state index contributed by atoms with van der Waals surface area (Å²) in [5.41, 5.74) is 3.91. The number of aliphatic hydroxyl groups is 1. The molecule has 36 heavy (non-hydrogen) atoms. The van der Waals surface area contributed by atoms with Crippen molar-refractivity contribution in [2.75, 3.05) is 18.1 Å². The number of fused-ring (bicyclic) bond motifs is 4. The van der Waals surface area contributed by atoms with Gasteiger partial charge in [-0.15, -0.1) is 0 Å². The minimum atomic E-state index is -0.771. The molecular formula is C26H30ClN5O4. The van der Waals surface area contributed by atoms with Crippen LogP contribution in [0.1, 0.15) is 57.7 Å². The molecule has 1 aliphatic carbocycles. The van der Waals surface area contributed by atoms with E-state index in [1.165, 1.54) is 37.7 Å². The van der Waals surface area contributed by atoms with E-state index in [-0.39, 0.29) is 23.4 Å². The van der Waals surface area contributed by atoms with Gasteiger partial charge in [-0.05, 0) is 49.9 Å². The number of aliphatic hydroxyl groups excluding tert-OH is 1. The number of ether oxygens (including phenoxy) is 3. The van der Waals surface area contributed by atoms with Gasteiger partial charge in [0.05, 0.1) is 12.9 Å². The Hall–Kier alpha value is -2.30. The van der Waals surface area contributed by atoms with Crippen molar-refractivity contribution in [1.82, 2.24) is 19.5 Å². The molecule has 4 aliphatic rings. The van der Waals surface area contributed by atoms with Crippen LogP contribution in [0.25, 0.3) is 11.2 Å². The Balaban J connectivity index is 1.32. The number of imidazole rings is 1. The third-order valence-electron chi connectivity index (χ3n) is 8.25. The maximum atomic E-state index is 9.92. The summed E-state index contributed by atoms with van der Waals surface area (Å²) in [4.78, 5) is 16.3. The number of rotatable bonds is 3. The highest BCUT2D eigenvalue weighted by atomic mass is 35.5. The van der Waals surface area contributed by atoms with Crippen molar-refractivity contribution >= 4 is 34.3 Å². The molecule has 5 heterocycles. The van der Waals surface area contributed by atoms with Crippen molar-refractivity contribution in [3.63, 3.8) is 0 Å². The minimum absolute atomic E-state index is 0.123. The number of halogens is 1. The van der Waals surface area contributed by atoms with Crippen molar-refractivity contribution in [3.8, 4) is 0 Å². The van der Waals surface area contributed by atoms with E-state index < -0.39 is 24.2 Å². The van der Waals surface area contributed by atoms with Gasteiger partial charge in [-0.1, -0.05) is 37.5 Å². The van der Waals surface area contributed by atoms with E-state index in [1.54, 1.807) is 6.33 Å². The molecule has 3 aliphatic heterocycles. The van der Waals surface area contributed by atoms with Crippen molar-refractivity contribution in [2.24, 2.45) is 0 Å². The summed E-state index contributed by atoms with van der Waals surface area (Å²) in [6.07, 6.45) is 5.95. The molecule has 2 saturated heterocycles. The monoisotopic (exact) mass is 511 g/mol. The first-order valence-corrected chi connectivity index (χ1v) is 13.2. The molecular weight excluding hydrogens is 482 g/mol. The van der Waals surface area contributed by atoms with E-state index in [0.717, 1.165) is 12.2 Å². The molecule has 2 aromatic heterocycles. The summed E-state index contributed by atoms with van der Waals surface area (Å²) in [7, 11) is 0. The van der Waals surface area contributed by atoms with Gasteiger partial charge in [0.25, 0.3) is 0 Å². The molecule has 4 atom stereocenters. The van der Waals surface area contributed by atoms with Gasteiger partial charge in [-0.25, -0.2) is 4.98 Å². The van der Waals surface area contributed by atoms with Crippen molar-refractivity contribution in [2.45, 2.75) is 81.7 Å². The first-order chi connectivity index (χ1) is 17.4. The fourth-order valence-corrected chi connectivity index (χ4v) is 6.92. The smallest absolute Gasteiger partial charge is 0.226 e. The average Bonchev–Trinajstić information content (AvgIpc) is 3.59. The average molecular weight is 512 g/mol. The van der Waals surface area contributed by atoms with Crippen LogP contribution in [0.3, 0.4) is 0 Å². The zero-order valence-electron chi connectivity index (χ0n) is 20.4. The number of anilines is 2. The number of hydrogen-bond acceptors (Lipinski definition) is 8. The summed E-state index contributed by atoms with van der Waals surface area (Å²) in [5.74, 6) is -0.0668. The highest BCUT2D eigenvalue weighted by Gasteiger charge is 2.56. The standard InChI is InChI=1S/C26H30ClN5O4/c1-25(2)35-19-17(12-33)34-23(20(19)36-25)32-14-28-18-21(29-24(27)30-22(18)32)31-13-26(10-6-3-7-11-26)15-8-4-5-9-16(15)31/h4-5,8-9,14,17,19-20,23,33H,3,6-7,10-13H2,1-2H3/t17-,19?,20?,23-/m1/s1. The van der Waals surface area contributed by atoms with Gasteiger partial charge in [0.15, 0.2) is 29.0 Å². The maximum absolute atomic E-state index is 9.92. The lowest BCUT2D eigenvalue weighted by atomic mass is 9.71. The second kappa shape index (κ2) is 8.10. The van der Waals surface area contributed by atoms with Gasteiger partial charge in [-0.2, -0.15) is 9.97 Å².